The van der Waals surface area contributed by atoms with Crippen LogP contribution in [-0.2, 0) is 9.59 Å². The second-order valence-electron chi connectivity index (χ2n) is 4.23. The Morgan fingerprint density at radius 2 is 1.93 bits per heavy atom. The monoisotopic (exact) mass is 216 g/mol. The Hall–Kier alpha value is -1.10. The zero-order valence-electron chi connectivity index (χ0n) is 9.83. The van der Waals surface area contributed by atoms with Gasteiger partial charge in [-0.25, -0.2) is 4.79 Å². The highest BCUT2D eigenvalue weighted by Gasteiger charge is 2.33. The van der Waals surface area contributed by atoms with Gasteiger partial charge in [0.2, 0.25) is 5.91 Å². The number of nitrogens with zero attached hydrogens (tertiary/aromatic N) is 1. The van der Waals surface area contributed by atoms with Gasteiger partial charge in [-0.15, -0.1) is 0 Å². The second kappa shape index (κ2) is 5.70. The van der Waals surface area contributed by atoms with E-state index in [1.54, 1.807) is 0 Å². The van der Waals surface area contributed by atoms with Crippen molar-refractivity contribution in [2.45, 2.75) is 32.2 Å². The lowest BCUT2D eigenvalue weighted by molar-refractivity contribution is -0.147. The molecule has 1 amide bonds. The fraction of sp³-hybridized carbons (Fsp3) is 0.800. The van der Waals surface area contributed by atoms with Crippen molar-refractivity contribution in [2.24, 2.45) is 0 Å². The molecule has 88 valence electrons. The second-order valence-corrected chi connectivity index (χ2v) is 4.23. The third-order valence-electron chi connectivity index (χ3n) is 2.21. The molecule has 0 saturated heterocycles. The van der Waals surface area contributed by atoms with Crippen molar-refractivity contribution in [3.63, 3.8) is 0 Å². The summed E-state index contributed by atoms with van der Waals surface area (Å²) < 4.78 is 0. The molecule has 0 saturated carbocycles. The number of carboxylic acids is 1. The third-order valence-corrected chi connectivity index (χ3v) is 2.21. The number of hydrogen-bond donors (Lipinski definition) is 2. The van der Waals surface area contributed by atoms with Gasteiger partial charge in [-0.1, -0.05) is 0 Å². The predicted molar refractivity (Wildman–Crippen MR) is 57.6 cm³/mol. The molecule has 1 unspecified atom stereocenters. The summed E-state index contributed by atoms with van der Waals surface area (Å²) in [5, 5.41) is 11.5. The number of amides is 1. The number of rotatable bonds is 6. The standard InChI is InChI=1S/C10H20N2O3/c1-8(13)11-10(2,9(14)15)6-5-7-12(3)4/h5-7H2,1-4H3,(H,11,13)(H,14,15). The highest BCUT2D eigenvalue weighted by atomic mass is 16.4. The molecule has 0 aromatic carbocycles. The molecule has 0 heterocycles. The summed E-state index contributed by atoms with van der Waals surface area (Å²) in [6.07, 6.45) is 1.16. The minimum absolute atomic E-state index is 0.315. The van der Waals surface area contributed by atoms with Crippen LogP contribution in [0, 0.1) is 0 Å². The maximum atomic E-state index is 11.0. The first-order valence-corrected chi connectivity index (χ1v) is 4.95. The van der Waals surface area contributed by atoms with Crippen LogP contribution in [0.3, 0.4) is 0 Å². The van der Waals surface area contributed by atoms with Gasteiger partial charge in [0.05, 0.1) is 0 Å². The lowest BCUT2D eigenvalue weighted by Crippen LogP contribution is -2.51. The third kappa shape index (κ3) is 5.37. The van der Waals surface area contributed by atoms with Gasteiger partial charge in [0.1, 0.15) is 5.54 Å². The summed E-state index contributed by atoms with van der Waals surface area (Å²) >= 11 is 0. The molecule has 0 spiro atoms. The fourth-order valence-electron chi connectivity index (χ4n) is 1.36. The quantitative estimate of drug-likeness (QED) is 0.670. The first-order chi connectivity index (χ1) is 6.78. The SMILES string of the molecule is CC(=O)NC(C)(CCCN(C)C)C(=O)O. The van der Waals surface area contributed by atoms with Crippen molar-refractivity contribution in [3.05, 3.63) is 0 Å². The Labute approximate surface area is 90.5 Å². The normalized spacial score (nSPS) is 14.7. The smallest absolute Gasteiger partial charge is 0.329 e. The molecule has 15 heavy (non-hydrogen) atoms. The zero-order chi connectivity index (χ0) is 12.1. The van der Waals surface area contributed by atoms with Gasteiger partial charge < -0.3 is 15.3 Å². The molecule has 0 aliphatic carbocycles. The van der Waals surface area contributed by atoms with Crippen LogP contribution < -0.4 is 5.32 Å². The van der Waals surface area contributed by atoms with E-state index in [2.05, 4.69) is 5.32 Å². The Balaban J connectivity index is 4.26. The van der Waals surface area contributed by atoms with E-state index in [0.717, 1.165) is 13.0 Å². The van der Waals surface area contributed by atoms with Gasteiger partial charge in [-0.05, 0) is 40.4 Å². The Morgan fingerprint density at radius 1 is 1.40 bits per heavy atom. The lowest BCUT2D eigenvalue weighted by Gasteiger charge is -2.26. The van der Waals surface area contributed by atoms with E-state index in [4.69, 9.17) is 5.11 Å². The number of carbonyl (C=O) groups excluding carboxylic acids is 1. The molecule has 2 N–H and O–H groups in total. The van der Waals surface area contributed by atoms with Crippen molar-refractivity contribution in [1.29, 1.82) is 0 Å². The van der Waals surface area contributed by atoms with E-state index >= 15 is 0 Å². The Morgan fingerprint density at radius 3 is 2.27 bits per heavy atom. The van der Waals surface area contributed by atoms with Gasteiger partial charge in [-0.3, -0.25) is 4.79 Å². The van der Waals surface area contributed by atoms with Gasteiger partial charge in [0.25, 0.3) is 0 Å². The number of carboxylic acid groups (broad SMARTS) is 1. The molecule has 0 fully saturated rings. The van der Waals surface area contributed by atoms with Crippen LogP contribution in [0.25, 0.3) is 0 Å². The molecule has 5 heteroatoms. The van der Waals surface area contributed by atoms with Crippen LogP contribution in [0.1, 0.15) is 26.7 Å². The predicted octanol–water partition coefficient (Wildman–Crippen LogP) is 0.308. The van der Waals surface area contributed by atoms with Crippen molar-refractivity contribution >= 4 is 11.9 Å². The molecule has 0 radical (unpaired) electrons. The molecular formula is C10H20N2O3. The molecule has 0 rings (SSSR count). The van der Waals surface area contributed by atoms with Crippen LogP contribution in [0.5, 0.6) is 0 Å². The molecule has 0 aliphatic rings. The highest BCUT2D eigenvalue weighted by molar-refractivity contribution is 5.85. The number of hydrogen-bond acceptors (Lipinski definition) is 3. The first kappa shape index (κ1) is 13.9. The average molecular weight is 216 g/mol. The topological polar surface area (TPSA) is 69.6 Å². The molecule has 0 aromatic heterocycles. The van der Waals surface area contributed by atoms with Gasteiger partial charge in [0, 0.05) is 6.92 Å². The Bertz CT molecular complexity index is 241. The molecule has 1 atom stereocenters. The minimum atomic E-state index is -1.15. The fourth-order valence-corrected chi connectivity index (χ4v) is 1.36. The van der Waals surface area contributed by atoms with Crippen LogP contribution >= 0.6 is 0 Å². The van der Waals surface area contributed by atoms with Crippen molar-refractivity contribution in [1.82, 2.24) is 10.2 Å². The van der Waals surface area contributed by atoms with Gasteiger partial charge >= 0.3 is 5.97 Å². The minimum Gasteiger partial charge on any atom is -0.480 e. The summed E-state index contributed by atoms with van der Waals surface area (Å²) in [7, 11) is 3.85. The van der Waals surface area contributed by atoms with E-state index < -0.39 is 11.5 Å². The first-order valence-electron chi connectivity index (χ1n) is 4.95. The average Bonchev–Trinajstić information content (AvgIpc) is 2.01. The lowest BCUT2D eigenvalue weighted by atomic mass is 9.95. The van der Waals surface area contributed by atoms with E-state index in [1.807, 2.05) is 19.0 Å². The number of nitrogens with one attached hydrogen (secondary N) is 1. The molecule has 5 nitrogen and oxygen atoms in total. The van der Waals surface area contributed by atoms with Crippen LogP contribution in [0.4, 0.5) is 0 Å². The van der Waals surface area contributed by atoms with E-state index in [1.165, 1.54) is 13.8 Å². The van der Waals surface area contributed by atoms with Crippen molar-refractivity contribution < 1.29 is 14.7 Å². The largest absolute Gasteiger partial charge is 0.480 e. The summed E-state index contributed by atoms with van der Waals surface area (Å²) in [4.78, 5) is 23.9. The van der Waals surface area contributed by atoms with E-state index in [9.17, 15) is 9.59 Å². The van der Waals surface area contributed by atoms with Crippen molar-refractivity contribution in [3.8, 4) is 0 Å². The summed E-state index contributed by atoms with van der Waals surface area (Å²) in [6, 6.07) is 0. The maximum Gasteiger partial charge on any atom is 0.329 e. The van der Waals surface area contributed by atoms with E-state index in [0.29, 0.717) is 6.42 Å². The molecule has 0 bridgehead atoms. The van der Waals surface area contributed by atoms with Crippen LogP contribution in [-0.4, -0.2) is 48.1 Å². The highest BCUT2D eigenvalue weighted by Crippen LogP contribution is 2.12. The van der Waals surface area contributed by atoms with E-state index in [-0.39, 0.29) is 5.91 Å². The van der Waals surface area contributed by atoms with Crippen LogP contribution in [0.15, 0.2) is 0 Å². The molecular weight excluding hydrogens is 196 g/mol. The van der Waals surface area contributed by atoms with Gasteiger partial charge in [0.15, 0.2) is 0 Å². The Kier molecular flexibility index (Phi) is 5.28. The van der Waals surface area contributed by atoms with Crippen molar-refractivity contribution in [2.75, 3.05) is 20.6 Å². The van der Waals surface area contributed by atoms with Crippen LogP contribution in [0.2, 0.25) is 0 Å². The number of aliphatic carboxylic acids is 1. The summed E-state index contributed by atoms with van der Waals surface area (Å²) in [5.41, 5.74) is -1.15. The summed E-state index contributed by atoms with van der Waals surface area (Å²) in [6.45, 7) is 3.67. The maximum absolute atomic E-state index is 11.0. The zero-order valence-corrected chi connectivity index (χ0v) is 9.83. The summed E-state index contributed by atoms with van der Waals surface area (Å²) in [5.74, 6) is -1.30. The molecule has 0 aromatic rings. The number of carbonyl (C=O) groups is 2. The molecule has 0 aliphatic heterocycles. The van der Waals surface area contributed by atoms with Gasteiger partial charge in [-0.2, -0.15) is 0 Å².